The van der Waals surface area contributed by atoms with Crippen LogP contribution in [0.25, 0.3) is 0 Å². The summed E-state index contributed by atoms with van der Waals surface area (Å²) < 4.78 is 4.79. The first-order chi connectivity index (χ1) is 14.5. The second-order valence-electron chi connectivity index (χ2n) is 7.72. The van der Waals surface area contributed by atoms with Crippen LogP contribution >= 0.6 is 15.9 Å². The van der Waals surface area contributed by atoms with Crippen LogP contribution in [0.4, 0.5) is 0 Å². The smallest absolute Gasteiger partial charge is 0.253 e. The molecule has 0 saturated carbocycles. The molecule has 4 rings (SSSR count). The fraction of sp³-hybridized carbons (Fsp3) is 0.409. The Labute approximate surface area is 185 Å². The third kappa shape index (κ3) is 4.82. The van der Waals surface area contributed by atoms with Gasteiger partial charge in [0.05, 0.1) is 22.9 Å². The van der Waals surface area contributed by atoms with Gasteiger partial charge in [-0.1, -0.05) is 12.1 Å². The highest BCUT2D eigenvalue weighted by atomic mass is 79.9. The van der Waals surface area contributed by atoms with Crippen LogP contribution in [0.15, 0.2) is 47.3 Å². The molecule has 0 N–H and O–H groups in total. The van der Waals surface area contributed by atoms with Crippen molar-refractivity contribution >= 4 is 21.8 Å². The van der Waals surface area contributed by atoms with E-state index >= 15 is 0 Å². The summed E-state index contributed by atoms with van der Waals surface area (Å²) in [5, 5.41) is 8.83. The molecular weight excluding hydrogens is 444 g/mol. The predicted octanol–water partition coefficient (Wildman–Crippen LogP) is 3.18. The molecule has 30 heavy (non-hydrogen) atoms. The van der Waals surface area contributed by atoms with Crippen molar-refractivity contribution in [2.24, 2.45) is 0 Å². The maximum absolute atomic E-state index is 13.0. The first kappa shape index (κ1) is 20.8. The van der Waals surface area contributed by atoms with Gasteiger partial charge in [0.15, 0.2) is 0 Å². The molecule has 1 amide bonds. The summed E-state index contributed by atoms with van der Waals surface area (Å²) in [4.78, 5) is 17.4. The quantitative estimate of drug-likeness (QED) is 0.554. The number of hydrogen-bond acceptors (Lipinski definition) is 4. The van der Waals surface area contributed by atoms with Crippen LogP contribution in [-0.4, -0.2) is 61.4 Å². The average molecular weight is 471 g/mol. The fourth-order valence-electron chi connectivity index (χ4n) is 3.82. The number of amides is 1. The number of halogens is 1. The van der Waals surface area contributed by atoms with Crippen LogP contribution < -0.4 is 0 Å². The summed E-state index contributed by atoms with van der Waals surface area (Å²) in [6.07, 6.45) is 5.83. The van der Waals surface area contributed by atoms with Gasteiger partial charge in [0, 0.05) is 62.8 Å². The van der Waals surface area contributed by atoms with Gasteiger partial charge < -0.3 is 4.90 Å². The van der Waals surface area contributed by atoms with Gasteiger partial charge in [0.1, 0.15) is 0 Å². The SMILES string of the molecule is CCn1cc(CN2CCN(C(=O)c3cccc(Cn4cc(Br)cn4)c3)CC2)c(C)n1. The number of rotatable bonds is 6. The van der Waals surface area contributed by atoms with Gasteiger partial charge in [-0.25, -0.2) is 0 Å². The Morgan fingerprint density at radius 2 is 1.90 bits per heavy atom. The van der Waals surface area contributed by atoms with Crippen LogP contribution in [0.5, 0.6) is 0 Å². The molecule has 0 bridgehead atoms. The van der Waals surface area contributed by atoms with Gasteiger partial charge >= 0.3 is 0 Å². The summed E-state index contributed by atoms with van der Waals surface area (Å²) in [5.74, 6) is 0.105. The maximum Gasteiger partial charge on any atom is 0.253 e. The lowest BCUT2D eigenvalue weighted by Crippen LogP contribution is -2.48. The molecule has 0 spiro atoms. The van der Waals surface area contributed by atoms with Gasteiger partial charge in [-0.2, -0.15) is 10.2 Å². The zero-order valence-corrected chi connectivity index (χ0v) is 19.0. The summed E-state index contributed by atoms with van der Waals surface area (Å²) >= 11 is 3.42. The minimum absolute atomic E-state index is 0.105. The van der Waals surface area contributed by atoms with Gasteiger partial charge in [0.2, 0.25) is 0 Å². The van der Waals surface area contributed by atoms with Crippen LogP contribution in [0, 0.1) is 6.92 Å². The monoisotopic (exact) mass is 470 g/mol. The van der Waals surface area contributed by atoms with Crippen molar-refractivity contribution in [1.29, 1.82) is 0 Å². The molecule has 1 aliphatic rings. The number of carbonyl (C=O) groups excluding carboxylic acids is 1. The lowest BCUT2D eigenvalue weighted by Gasteiger charge is -2.34. The van der Waals surface area contributed by atoms with E-state index in [0.29, 0.717) is 6.54 Å². The van der Waals surface area contributed by atoms with Crippen molar-refractivity contribution in [2.75, 3.05) is 26.2 Å². The molecule has 3 heterocycles. The maximum atomic E-state index is 13.0. The molecular formula is C22H27BrN6O. The minimum atomic E-state index is 0.105. The van der Waals surface area contributed by atoms with E-state index in [1.165, 1.54) is 5.56 Å². The third-order valence-corrected chi connectivity index (χ3v) is 5.96. The highest BCUT2D eigenvalue weighted by Gasteiger charge is 2.23. The number of carbonyl (C=O) groups is 1. The molecule has 1 saturated heterocycles. The van der Waals surface area contributed by atoms with Crippen LogP contribution in [0.1, 0.15) is 34.1 Å². The van der Waals surface area contributed by atoms with Crippen molar-refractivity contribution < 1.29 is 4.79 Å². The molecule has 0 aliphatic carbocycles. The number of aromatic nitrogens is 4. The Bertz CT molecular complexity index is 1020. The summed E-state index contributed by atoms with van der Waals surface area (Å²) in [7, 11) is 0. The Morgan fingerprint density at radius 1 is 1.10 bits per heavy atom. The van der Waals surface area contributed by atoms with E-state index in [1.54, 1.807) is 6.20 Å². The molecule has 7 nitrogen and oxygen atoms in total. The molecule has 0 radical (unpaired) electrons. The highest BCUT2D eigenvalue weighted by Crippen LogP contribution is 2.15. The van der Waals surface area contributed by atoms with Crippen molar-refractivity contribution in [2.45, 2.75) is 33.5 Å². The summed E-state index contributed by atoms with van der Waals surface area (Å²) in [6, 6.07) is 7.86. The van der Waals surface area contributed by atoms with E-state index in [0.717, 1.165) is 60.6 Å². The van der Waals surface area contributed by atoms with Crippen molar-refractivity contribution in [1.82, 2.24) is 29.4 Å². The Balaban J connectivity index is 1.35. The molecule has 2 aromatic heterocycles. The van der Waals surface area contributed by atoms with E-state index in [4.69, 9.17) is 0 Å². The van der Waals surface area contributed by atoms with Crippen LogP contribution in [-0.2, 0) is 19.6 Å². The average Bonchev–Trinajstić information content (AvgIpc) is 3.33. The molecule has 8 heteroatoms. The Kier molecular flexibility index (Phi) is 6.34. The lowest BCUT2D eigenvalue weighted by atomic mass is 10.1. The number of nitrogens with zero attached hydrogens (tertiary/aromatic N) is 6. The number of piperazine rings is 1. The normalized spacial score (nSPS) is 15.0. The van der Waals surface area contributed by atoms with Gasteiger partial charge in [-0.05, 0) is 47.5 Å². The first-order valence-electron chi connectivity index (χ1n) is 10.3. The number of benzene rings is 1. The van der Waals surface area contributed by atoms with Gasteiger partial charge in [0.25, 0.3) is 5.91 Å². The van der Waals surface area contributed by atoms with Crippen LogP contribution in [0.3, 0.4) is 0 Å². The molecule has 158 valence electrons. The molecule has 3 aromatic rings. The minimum Gasteiger partial charge on any atom is -0.336 e. The molecule has 0 atom stereocenters. The van der Waals surface area contributed by atoms with Gasteiger partial charge in [-0.3, -0.25) is 19.1 Å². The molecule has 1 fully saturated rings. The van der Waals surface area contributed by atoms with E-state index in [9.17, 15) is 4.79 Å². The Hall–Kier alpha value is -2.45. The van der Waals surface area contributed by atoms with E-state index in [2.05, 4.69) is 51.1 Å². The van der Waals surface area contributed by atoms with E-state index in [1.807, 2.05) is 44.7 Å². The topological polar surface area (TPSA) is 59.2 Å². The second-order valence-corrected chi connectivity index (χ2v) is 8.64. The standard InChI is InChI=1S/C22H27BrN6O/c1-3-28-15-20(17(2)25-28)14-26-7-9-27(10-8-26)22(30)19-6-4-5-18(11-19)13-29-16-21(23)12-24-29/h4-6,11-12,15-16H,3,7-10,13-14H2,1-2H3. The van der Waals surface area contributed by atoms with Crippen molar-refractivity contribution in [3.63, 3.8) is 0 Å². The van der Waals surface area contributed by atoms with Crippen LogP contribution in [0.2, 0.25) is 0 Å². The van der Waals surface area contributed by atoms with Crippen molar-refractivity contribution in [3.8, 4) is 0 Å². The molecule has 1 aliphatic heterocycles. The zero-order chi connectivity index (χ0) is 21.1. The summed E-state index contributed by atoms with van der Waals surface area (Å²) in [6.45, 7) is 9.84. The highest BCUT2D eigenvalue weighted by molar-refractivity contribution is 9.10. The van der Waals surface area contributed by atoms with E-state index in [-0.39, 0.29) is 5.91 Å². The largest absolute Gasteiger partial charge is 0.336 e. The second kappa shape index (κ2) is 9.14. The lowest BCUT2D eigenvalue weighted by molar-refractivity contribution is 0.0628. The Morgan fingerprint density at radius 3 is 2.57 bits per heavy atom. The third-order valence-electron chi connectivity index (χ3n) is 5.55. The number of hydrogen-bond donors (Lipinski definition) is 0. The van der Waals surface area contributed by atoms with E-state index < -0.39 is 0 Å². The molecule has 0 unspecified atom stereocenters. The first-order valence-corrected chi connectivity index (χ1v) is 11.1. The molecule has 1 aromatic carbocycles. The predicted molar refractivity (Wildman–Crippen MR) is 119 cm³/mol. The zero-order valence-electron chi connectivity index (χ0n) is 17.5. The fourth-order valence-corrected chi connectivity index (χ4v) is 4.15. The van der Waals surface area contributed by atoms with Gasteiger partial charge in [-0.15, -0.1) is 0 Å². The number of aryl methyl sites for hydroxylation is 2. The summed E-state index contributed by atoms with van der Waals surface area (Å²) in [5.41, 5.74) is 4.18. The van der Waals surface area contributed by atoms with Crippen molar-refractivity contribution in [3.05, 3.63) is 69.7 Å².